The summed E-state index contributed by atoms with van der Waals surface area (Å²) >= 11 is 0. The fourth-order valence-electron chi connectivity index (χ4n) is 2.31. The highest BCUT2D eigenvalue weighted by Crippen LogP contribution is 2.15. The Morgan fingerprint density at radius 1 is 1.15 bits per heavy atom. The lowest BCUT2D eigenvalue weighted by Crippen LogP contribution is -2.00. The van der Waals surface area contributed by atoms with Crippen LogP contribution in [0, 0.1) is 0 Å². The van der Waals surface area contributed by atoms with Crippen molar-refractivity contribution in [3.05, 3.63) is 12.7 Å². The van der Waals surface area contributed by atoms with Crippen molar-refractivity contribution >= 4 is 17.0 Å². The number of aliphatic hydroxyl groups is 1. The van der Waals surface area contributed by atoms with Gasteiger partial charge < -0.3 is 15.4 Å². The average Bonchev–Trinajstić information content (AvgIpc) is 2.82. The van der Waals surface area contributed by atoms with Crippen LogP contribution in [0.25, 0.3) is 11.2 Å². The van der Waals surface area contributed by atoms with Crippen LogP contribution in [0.4, 0.5) is 5.82 Å². The van der Waals surface area contributed by atoms with E-state index in [0.717, 1.165) is 31.5 Å². The van der Waals surface area contributed by atoms with Crippen LogP contribution in [-0.2, 0) is 6.54 Å². The molecule has 6 heteroatoms. The van der Waals surface area contributed by atoms with E-state index in [0.29, 0.717) is 11.3 Å². The number of anilines is 1. The lowest BCUT2D eigenvalue weighted by molar-refractivity contribution is 0.180. The Labute approximate surface area is 119 Å². The molecule has 1 unspecified atom stereocenters. The van der Waals surface area contributed by atoms with Crippen LogP contribution < -0.4 is 5.73 Å². The summed E-state index contributed by atoms with van der Waals surface area (Å²) in [5.74, 6) is 0.437. The zero-order chi connectivity index (χ0) is 14.4. The molecule has 20 heavy (non-hydrogen) atoms. The number of unbranched alkanes of at least 4 members (excludes halogenated alkanes) is 4. The molecular weight excluding hydrogens is 254 g/mol. The Hall–Kier alpha value is -1.69. The van der Waals surface area contributed by atoms with Crippen LogP contribution >= 0.6 is 0 Å². The van der Waals surface area contributed by atoms with Crippen molar-refractivity contribution in [1.29, 1.82) is 0 Å². The number of hydrogen-bond donors (Lipinski definition) is 2. The summed E-state index contributed by atoms with van der Waals surface area (Å²) in [6.45, 7) is 2.75. The third kappa shape index (κ3) is 3.90. The third-order valence-electron chi connectivity index (χ3n) is 3.45. The molecule has 0 aliphatic rings. The fourth-order valence-corrected chi connectivity index (χ4v) is 2.31. The van der Waals surface area contributed by atoms with Gasteiger partial charge in [-0.2, -0.15) is 0 Å². The minimum absolute atomic E-state index is 0.169. The fraction of sp³-hybridized carbons (Fsp3) is 0.643. The molecule has 2 heterocycles. The van der Waals surface area contributed by atoms with Crippen molar-refractivity contribution in [3.8, 4) is 0 Å². The van der Waals surface area contributed by atoms with Gasteiger partial charge in [0.05, 0.1) is 12.4 Å². The second-order valence-electron chi connectivity index (χ2n) is 5.27. The first-order valence-corrected chi connectivity index (χ1v) is 7.28. The van der Waals surface area contributed by atoms with E-state index in [1.165, 1.54) is 25.6 Å². The van der Waals surface area contributed by atoms with Gasteiger partial charge in [0, 0.05) is 6.54 Å². The molecule has 1 atom stereocenters. The molecule has 0 aliphatic heterocycles. The number of nitrogens with zero attached hydrogens (tertiary/aromatic N) is 4. The maximum Gasteiger partial charge on any atom is 0.165 e. The van der Waals surface area contributed by atoms with E-state index in [1.54, 1.807) is 6.33 Å². The van der Waals surface area contributed by atoms with E-state index in [9.17, 15) is 5.11 Å². The van der Waals surface area contributed by atoms with E-state index >= 15 is 0 Å². The summed E-state index contributed by atoms with van der Waals surface area (Å²) in [5, 5.41) is 9.17. The van der Waals surface area contributed by atoms with Crippen molar-refractivity contribution < 1.29 is 5.11 Å². The molecule has 0 saturated heterocycles. The number of aromatic nitrogens is 4. The number of aryl methyl sites for hydroxylation is 1. The highest BCUT2D eigenvalue weighted by molar-refractivity contribution is 5.80. The molecule has 0 radical (unpaired) electrons. The molecule has 2 aromatic heterocycles. The summed E-state index contributed by atoms with van der Waals surface area (Å²) in [4.78, 5) is 12.4. The summed E-state index contributed by atoms with van der Waals surface area (Å²) < 4.78 is 2.03. The van der Waals surface area contributed by atoms with E-state index in [1.807, 2.05) is 11.5 Å². The van der Waals surface area contributed by atoms with Crippen molar-refractivity contribution in [2.45, 2.75) is 58.1 Å². The first-order chi connectivity index (χ1) is 9.68. The normalized spacial score (nSPS) is 12.9. The Bertz CT molecular complexity index is 537. The van der Waals surface area contributed by atoms with Crippen LogP contribution in [0.1, 0.15) is 45.4 Å². The highest BCUT2D eigenvalue weighted by Gasteiger charge is 2.06. The molecule has 2 aromatic rings. The zero-order valence-corrected chi connectivity index (χ0v) is 12.0. The van der Waals surface area contributed by atoms with Crippen molar-refractivity contribution in [2.24, 2.45) is 0 Å². The van der Waals surface area contributed by atoms with Gasteiger partial charge in [0.25, 0.3) is 0 Å². The summed E-state index contributed by atoms with van der Waals surface area (Å²) in [6.07, 6.45) is 9.77. The van der Waals surface area contributed by atoms with Gasteiger partial charge in [-0.3, -0.25) is 0 Å². The number of fused-ring (bicyclic) bond motifs is 1. The molecule has 0 aliphatic carbocycles. The van der Waals surface area contributed by atoms with Crippen molar-refractivity contribution in [1.82, 2.24) is 19.5 Å². The predicted octanol–water partition coefficient (Wildman–Crippen LogP) is 2.13. The summed E-state index contributed by atoms with van der Waals surface area (Å²) in [5.41, 5.74) is 7.25. The SMILES string of the molecule is CC(O)CCCCCCCn1cnc2c(N)ncnc21. The molecule has 110 valence electrons. The minimum Gasteiger partial charge on any atom is -0.393 e. The van der Waals surface area contributed by atoms with E-state index < -0.39 is 0 Å². The maximum atomic E-state index is 9.17. The maximum absolute atomic E-state index is 9.17. The van der Waals surface area contributed by atoms with Crippen molar-refractivity contribution in [3.63, 3.8) is 0 Å². The van der Waals surface area contributed by atoms with Gasteiger partial charge in [0.15, 0.2) is 11.5 Å². The second-order valence-corrected chi connectivity index (χ2v) is 5.27. The summed E-state index contributed by atoms with van der Waals surface area (Å²) in [6, 6.07) is 0. The Morgan fingerprint density at radius 3 is 2.70 bits per heavy atom. The molecule has 2 rings (SSSR count). The predicted molar refractivity (Wildman–Crippen MR) is 79.1 cm³/mol. The Balaban J connectivity index is 1.72. The Morgan fingerprint density at radius 2 is 1.90 bits per heavy atom. The van der Waals surface area contributed by atoms with E-state index in [4.69, 9.17) is 5.73 Å². The molecule has 0 spiro atoms. The third-order valence-corrected chi connectivity index (χ3v) is 3.45. The smallest absolute Gasteiger partial charge is 0.165 e. The van der Waals surface area contributed by atoms with Crippen LogP contribution in [0.2, 0.25) is 0 Å². The number of rotatable bonds is 8. The molecule has 0 bridgehead atoms. The lowest BCUT2D eigenvalue weighted by atomic mass is 10.1. The van der Waals surface area contributed by atoms with Gasteiger partial charge in [0.2, 0.25) is 0 Å². The molecule has 0 amide bonds. The van der Waals surface area contributed by atoms with Gasteiger partial charge in [-0.1, -0.05) is 25.7 Å². The number of nitrogen functional groups attached to an aromatic ring is 1. The van der Waals surface area contributed by atoms with Gasteiger partial charge in [-0.05, 0) is 19.8 Å². The number of imidazole rings is 1. The first-order valence-electron chi connectivity index (χ1n) is 7.28. The summed E-state index contributed by atoms with van der Waals surface area (Å²) in [7, 11) is 0. The van der Waals surface area contributed by atoms with Crippen molar-refractivity contribution in [2.75, 3.05) is 5.73 Å². The molecule has 0 aromatic carbocycles. The number of aliphatic hydroxyl groups excluding tert-OH is 1. The standard InChI is InChI=1S/C14H23N5O/c1-11(20)7-5-3-2-4-6-8-19-10-18-12-13(15)16-9-17-14(12)19/h9-11,20H,2-8H2,1H3,(H2,15,16,17). The van der Waals surface area contributed by atoms with Crippen LogP contribution in [0.5, 0.6) is 0 Å². The molecule has 6 nitrogen and oxygen atoms in total. The van der Waals surface area contributed by atoms with Gasteiger partial charge >= 0.3 is 0 Å². The zero-order valence-electron chi connectivity index (χ0n) is 12.0. The monoisotopic (exact) mass is 277 g/mol. The lowest BCUT2D eigenvalue weighted by Gasteiger charge is -2.05. The molecular formula is C14H23N5O. The molecule has 3 N–H and O–H groups in total. The average molecular weight is 277 g/mol. The quantitative estimate of drug-likeness (QED) is 0.721. The first kappa shape index (κ1) is 14.7. The van der Waals surface area contributed by atoms with E-state index in [-0.39, 0.29) is 6.10 Å². The van der Waals surface area contributed by atoms with Gasteiger partial charge in [0.1, 0.15) is 11.8 Å². The van der Waals surface area contributed by atoms with Gasteiger partial charge in [-0.15, -0.1) is 0 Å². The topological polar surface area (TPSA) is 89.8 Å². The van der Waals surface area contributed by atoms with Crippen LogP contribution in [0.3, 0.4) is 0 Å². The second kappa shape index (κ2) is 7.19. The highest BCUT2D eigenvalue weighted by atomic mass is 16.3. The Kier molecular flexibility index (Phi) is 5.29. The van der Waals surface area contributed by atoms with Crippen LogP contribution in [0.15, 0.2) is 12.7 Å². The molecule has 0 saturated carbocycles. The van der Waals surface area contributed by atoms with Gasteiger partial charge in [-0.25, -0.2) is 15.0 Å². The van der Waals surface area contributed by atoms with Crippen LogP contribution in [-0.4, -0.2) is 30.7 Å². The minimum atomic E-state index is -0.169. The molecule has 0 fully saturated rings. The number of nitrogens with two attached hydrogens (primary N) is 1. The number of hydrogen-bond acceptors (Lipinski definition) is 5. The van der Waals surface area contributed by atoms with E-state index in [2.05, 4.69) is 15.0 Å². The largest absolute Gasteiger partial charge is 0.393 e.